The van der Waals surface area contributed by atoms with E-state index in [2.05, 4.69) is 15.0 Å². The highest BCUT2D eigenvalue weighted by Crippen LogP contribution is 2.34. The van der Waals surface area contributed by atoms with E-state index in [0.29, 0.717) is 19.0 Å². The van der Waals surface area contributed by atoms with Crippen LogP contribution >= 0.6 is 0 Å². The first-order valence-electron chi connectivity index (χ1n) is 8.25. The van der Waals surface area contributed by atoms with Crippen LogP contribution in [0.1, 0.15) is 16.9 Å². The number of amides is 1. The third kappa shape index (κ3) is 2.77. The number of halogens is 1. The lowest BCUT2D eigenvalue weighted by atomic mass is 10.1. The Balaban J connectivity index is 1.53. The summed E-state index contributed by atoms with van der Waals surface area (Å²) < 4.78 is 14.2. The minimum absolute atomic E-state index is 0.0818. The number of likely N-dealkylation sites (tertiary alicyclic amines) is 1. The monoisotopic (exact) mass is 343 g/mol. The first kappa shape index (κ1) is 15.7. The Hall–Kier alpha value is -2.77. The number of aryl methyl sites for hydroxylation is 1. The highest BCUT2D eigenvalue weighted by atomic mass is 19.1. The normalized spacial score (nSPS) is 22.3. The highest BCUT2D eigenvalue weighted by molar-refractivity contribution is 5.92. The van der Waals surface area contributed by atoms with Crippen molar-refractivity contribution in [2.75, 3.05) is 24.5 Å². The summed E-state index contributed by atoms with van der Waals surface area (Å²) in [5.74, 6) is 0.574. The summed E-state index contributed by atoms with van der Waals surface area (Å²) in [4.78, 5) is 32.3. The van der Waals surface area contributed by atoms with Crippen LogP contribution in [0.4, 0.5) is 10.2 Å². The Morgan fingerprint density at radius 2 is 2.08 bits per heavy atom. The largest absolute Gasteiger partial charge is 0.354 e. The van der Waals surface area contributed by atoms with E-state index in [-0.39, 0.29) is 29.0 Å². The molecule has 2 unspecified atom stereocenters. The van der Waals surface area contributed by atoms with Crippen molar-refractivity contribution in [1.82, 2.24) is 19.7 Å². The van der Waals surface area contributed by atoms with Gasteiger partial charge in [0.1, 0.15) is 17.3 Å². The van der Waals surface area contributed by atoms with Crippen molar-refractivity contribution >= 4 is 11.7 Å². The van der Waals surface area contributed by atoms with Crippen molar-refractivity contribution in [3.63, 3.8) is 0 Å². The molecule has 4 rings (SSSR count). The van der Waals surface area contributed by atoms with E-state index in [1.54, 1.807) is 6.07 Å². The first-order chi connectivity index (χ1) is 12.0. The van der Waals surface area contributed by atoms with Crippen LogP contribution < -0.4 is 10.5 Å². The minimum atomic E-state index is -0.360. The molecule has 130 valence electrons. The molecular formula is C17H18FN5O2. The molecule has 0 aliphatic carbocycles. The zero-order valence-electron chi connectivity index (χ0n) is 13.8. The second-order valence-electron chi connectivity index (χ2n) is 6.53. The molecule has 0 saturated carbocycles. The van der Waals surface area contributed by atoms with Crippen molar-refractivity contribution in [3.8, 4) is 0 Å². The lowest BCUT2D eigenvalue weighted by Crippen LogP contribution is -2.40. The molecule has 7 nitrogen and oxygen atoms in total. The van der Waals surface area contributed by atoms with Gasteiger partial charge in [-0.25, -0.2) is 14.1 Å². The van der Waals surface area contributed by atoms with E-state index in [0.717, 1.165) is 18.8 Å². The topological polar surface area (TPSA) is 71.3 Å². The number of rotatable bonds is 2. The van der Waals surface area contributed by atoms with Gasteiger partial charge in [0, 0.05) is 38.7 Å². The molecular weight excluding hydrogens is 325 g/mol. The Kier molecular flexibility index (Phi) is 3.74. The second kappa shape index (κ2) is 5.94. The number of fused-ring (bicyclic) bond motifs is 1. The lowest BCUT2D eigenvalue weighted by molar-refractivity contribution is 0.0729. The molecule has 0 radical (unpaired) electrons. The summed E-state index contributed by atoms with van der Waals surface area (Å²) in [5, 5.41) is 4.06. The lowest BCUT2D eigenvalue weighted by Gasteiger charge is -2.25. The fraction of sp³-hybridized carbons (Fsp3) is 0.412. The van der Waals surface area contributed by atoms with Gasteiger partial charge in [-0.3, -0.25) is 9.59 Å². The molecule has 8 heteroatoms. The van der Waals surface area contributed by atoms with E-state index < -0.39 is 0 Å². The molecule has 4 heterocycles. The van der Waals surface area contributed by atoms with Crippen molar-refractivity contribution in [2.24, 2.45) is 13.0 Å². The van der Waals surface area contributed by atoms with E-state index >= 15 is 0 Å². The van der Waals surface area contributed by atoms with Gasteiger partial charge >= 0.3 is 0 Å². The zero-order valence-corrected chi connectivity index (χ0v) is 13.8. The molecule has 25 heavy (non-hydrogen) atoms. The number of aromatic nitrogens is 3. The van der Waals surface area contributed by atoms with E-state index in [9.17, 15) is 14.0 Å². The number of hydrogen-bond donors (Lipinski definition) is 0. The molecule has 2 aromatic rings. The summed E-state index contributed by atoms with van der Waals surface area (Å²) in [6, 6.07) is 5.98. The van der Waals surface area contributed by atoms with Gasteiger partial charge in [-0.05, 0) is 24.6 Å². The van der Waals surface area contributed by atoms with Crippen LogP contribution in [0.25, 0.3) is 0 Å². The number of anilines is 1. The Morgan fingerprint density at radius 3 is 2.80 bits per heavy atom. The highest BCUT2D eigenvalue weighted by Gasteiger charge is 2.44. The van der Waals surface area contributed by atoms with Gasteiger partial charge in [0.15, 0.2) is 0 Å². The first-order valence-corrected chi connectivity index (χ1v) is 8.25. The van der Waals surface area contributed by atoms with Crippen molar-refractivity contribution in [3.05, 3.63) is 52.3 Å². The van der Waals surface area contributed by atoms with Crippen LogP contribution in [0.5, 0.6) is 0 Å². The summed E-state index contributed by atoms with van der Waals surface area (Å²) >= 11 is 0. The molecule has 1 amide bonds. The molecule has 0 bridgehead atoms. The average Bonchev–Trinajstić information content (AvgIpc) is 3.18. The third-order valence-corrected chi connectivity index (χ3v) is 5.02. The molecule has 0 aromatic carbocycles. The molecule has 2 atom stereocenters. The standard InChI is InChI=1S/C17H18FN5O2/c1-21-16(24)5-3-13(20-21)17(25)23-7-6-11-9-22(10-14(11)23)15-4-2-12(18)8-19-15/h2-5,8,11,14H,6-7,9-10H2,1H3. The summed E-state index contributed by atoms with van der Waals surface area (Å²) in [6.45, 7) is 2.15. The molecule has 2 saturated heterocycles. The van der Waals surface area contributed by atoms with Gasteiger partial charge in [-0.15, -0.1) is 0 Å². The molecule has 2 aliphatic rings. The van der Waals surface area contributed by atoms with Crippen molar-refractivity contribution < 1.29 is 9.18 Å². The Labute approximate surface area is 143 Å². The van der Waals surface area contributed by atoms with Gasteiger partial charge < -0.3 is 9.80 Å². The fourth-order valence-corrected chi connectivity index (χ4v) is 3.72. The smallest absolute Gasteiger partial charge is 0.274 e. The van der Waals surface area contributed by atoms with Crippen LogP contribution in [-0.4, -0.2) is 51.2 Å². The minimum Gasteiger partial charge on any atom is -0.354 e. The molecule has 2 fully saturated rings. The molecule has 0 N–H and O–H groups in total. The van der Waals surface area contributed by atoms with Gasteiger partial charge in [0.25, 0.3) is 11.5 Å². The van der Waals surface area contributed by atoms with Crippen LogP contribution in [-0.2, 0) is 7.05 Å². The van der Waals surface area contributed by atoms with Crippen LogP contribution in [0.3, 0.4) is 0 Å². The predicted molar refractivity (Wildman–Crippen MR) is 88.8 cm³/mol. The van der Waals surface area contributed by atoms with Crippen LogP contribution in [0, 0.1) is 11.7 Å². The second-order valence-corrected chi connectivity index (χ2v) is 6.53. The number of carbonyl (C=O) groups excluding carboxylic acids is 1. The maximum Gasteiger partial charge on any atom is 0.274 e. The van der Waals surface area contributed by atoms with Gasteiger partial charge in [-0.2, -0.15) is 5.10 Å². The van der Waals surface area contributed by atoms with Crippen LogP contribution in [0.2, 0.25) is 0 Å². The maximum absolute atomic E-state index is 13.1. The quantitative estimate of drug-likeness (QED) is 0.801. The average molecular weight is 343 g/mol. The predicted octanol–water partition coefficient (Wildman–Crippen LogP) is 0.665. The number of carbonyl (C=O) groups is 1. The fourth-order valence-electron chi connectivity index (χ4n) is 3.72. The SMILES string of the molecule is Cn1nc(C(=O)N2CCC3CN(c4ccc(F)cn4)CC32)ccc1=O. The Morgan fingerprint density at radius 1 is 1.24 bits per heavy atom. The van der Waals surface area contributed by atoms with Crippen molar-refractivity contribution in [2.45, 2.75) is 12.5 Å². The molecule has 0 spiro atoms. The third-order valence-electron chi connectivity index (χ3n) is 5.02. The van der Waals surface area contributed by atoms with Crippen molar-refractivity contribution in [1.29, 1.82) is 0 Å². The summed E-state index contributed by atoms with van der Waals surface area (Å²) in [7, 11) is 1.53. The van der Waals surface area contributed by atoms with Crippen LogP contribution in [0.15, 0.2) is 35.3 Å². The summed E-state index contributed by atoms with van der Waals surface area (Å²) in [6.07, 6.45) is 2.13. The number of nitrogens with zero attached hydrogens (tertiary/aromatic N) is 5. The van der Waals surface area contributed by atoms with Gasteiger partial charge in [-0.1, -0.05) is 0 Å². The molecule has 2 aliphatic heterocycles. The molecule has 2 aromatic heterocycles. The maximum atomic E-state index is 13.1. The van der Waals surface area contributed by atoms with Gasteiger partial charge in [0.05, 0.1) is 12.2 Å². The number of pyridine rings is 1. The van der Waals surface area contributed by atoms with E-state index in [1.165, 1.54) is 36.1 Å². The summed E-state index contributed by atoms with van der Waals surface area (Å²) in [5.41, 5.74) is 0.0337. The van der Waals surface area contributed by atoms with Gasteiger partial charge in [0.2, 0.25) is 0 Å². The van der Waals surface area contributed by atoms with E-state index in [1.807, 2.05) is 4.90 Å². The van der Waals surface area contributed by atoms with E-state index in [4.69, 9.17) is 0 Å². The number of hydrogen-bond acceptors (Lipinski definition) is 5. The Bertz CT molecular complexity index is 866. The zero-order chi connectivity index (χ0) is 17.6.